The summed E-state index contributed by atoms with van der Waals surface area (Å²) in [6.07, 6.45) is 0.192. The minimum atomic E-state index is 0.192. The maximum absolute atomic E-state index is 5.28. The fourth-order valence-corrected chi connectivity index (χ4v) is 1.70. The highest BCUT2D eigenvalue weighted by molar-refractivity contribution is 9.10. The van der Waals surface area contributed by atoms with Crippen molar-refractivity contribution in [1.82, 2.24) is 0 Å². The number of nitrogens with one attached hydrogen (secondary N) is 1. The molecule has 2 nitrogen and oxygen atoms in total. The Balaban J connectivity index is 2.76. The van der Waals surface area contributed by atoms with Crippen LogP contribution in [0, 0.1) is 6.92 Å². The van der Waals surface area contributed by atoms with Gasteiger partial charge in [0.1, 0.15) is 0 Å². The van der Waals surface area contributed by atoms with Gasteiger partial charge in [0.05, 0.1) is 6.10 Å². The van der Waals surface area contributed by atoms with Crippen LogP contribution in [-0.4, -0.2) is 19.3 Å². The number of hydrogen-bond donors (Lipinski definition) is 1. The lowest BCUT2D eigenvalue weighted by atomic mass is 10.1. The average molecular weight is 272 g/mol. The molecule has 2 atom stereocenters. The van der Waals surface area contributed by atoms with Gasteiger partial charge in [-0.1, -0.05) is 12.1 Å². The van der Waals surface area contributed by atoms with Gasteiger partial charge in [0.25, 0.3) is 0 Å². The van der Waals surface area contributed by atoms with E-state index in [1.54, 1.807) is 7.11 Å². The first-order chi connectivity index (χ1) is 7.06. The van der Waals surface area contributed by atoms with E-state index < -0.39 is 0 Å². The van der Waals surface area contributed by atoms with E-state index in [4.69, 9.17) is 4.74 Å². The van der Waals surface area contributed by atoms with E-state index in [2.05, 4.69) is 54.2 Å². The van der Waals surface area contributed by atoms with Gasteiger partial charge < -0.3 is 10.1 Å². The Morgan fingerprint density at radius 2 is 2.00 bits per heavy atom. The van der Waals surface area contributed by atoms with Crippen molar-refractivity contribution in [1.29, 1.82) is 0 Å². The van der Waals surface area contributed by atoms with Gasteiger partial charge >= 0.3 is 0 Å². The van der Waals surface area contributed by atoms with Gasteiger partial charge in [0.15, 0.2) is 0 Å². The molecule has 0 spiro atoms. The molecule has 0 aromatic heterocycles. The van der Waals surface area contributed by atoms with Crippen LogP contribution in [0.25, 0.3) is 0 Å². The Hall–Kier alpha value is -0.540. The Kier molecular flexibility index (Phi) is 4.61. The van der Waals surface area contributed by atoms with Crippen molar-refractivity contribution in [3.05, 3.63) is 28.2 Å². The van der Waals surface area contributed by atoms with Gasteiger partial charge in [-0.05, 0) is 48.3 Å². The van der Waals surface area contributed by atoms with Crippen LogP contribution in [0.3, 0.4) is 0 Å². The Bertz CT molecular complexity index is 327. The first-order valence-electron chi connectivity index (χ1n) is 5.10. The lowest BCUT2D eigenvalue weighted by Crippen LogP contribution is -2.29. The van der Waals surface area contributed by atoms with Crippen molar-refractivity contribution in [3.8, 4) is 0 Å². The summed E-state index contributed by atoms with van der Waals surface area (Å²) >= 11 is 3.58. The number of halogens is 1. The molecule has 84 valence electrons. The van der Waals surface area contributed by atoms with Crippen molar-refractivity contribution in [2.24, 2.45) is 0 Å². The first-order valence-corrected chi connectivity index (χ1v) is 5.90. The molecule has 0 radical (unpaired) electrons. The average Bonchev–Trinajstić information content (AvgIpc) is 2.23. The number of aryl methyl sites for hydroxylation is 1. The molecular weight excluding hydrogens is 254 g/mol. The van der Waals surface area contributed by atoms with Crippen LogP contribution in [0.15, 0.2) is 22.7 Å². The van der Waals surface area contributed by atoms with E-state index in [0.717, 1.165) is 10.2 Å². The number of methoxy groups -OCH3 is 1. The smallest absolute Gasteiger partial charge is 0.0741 e. The largest absolute Gasteiger partial charge is 0.380 e. The quantitative estimate of drug-likeness (QED) is 0.904. The van der Waals surface area contributed by atoms with Crippen LogP contribution in [0.1, 0.15) is 19.4 Å². The predicted octanol–water partition coefficient (Wildman–Crippen LogP) is 3.59. The predicted molar refractivity (Wildman–Crippen MR) is 68.4 cm³/mol. The Labute approximate surface area is 100 Å². The van der Waals surface area contributed by atoms with Gasteiger partial charge in [-0.2, -0.15) is 0 Å². The maximum Gasteiger partial charge on any atom is 0.0741 e. The number of ether oxygens (including phenoxy) is 1. The highest BCUT2D eigenvalue weighted by Crippen LogP contribution is 2.26. The van der Waals surface area contributed by atoms with Gasteiger partial charge in [0, 0.05) is 23.3 Å². The van der Waals surface area contributed by atoms with E-state index >= 15 is 0 Å². The molecule has 0 fully saturated rings. The monoisotopic (exact) mass is 271 g/mol. The van der Waals surface area contributed by atoms with Gasteiger partial charge in [-0.25, -0.2) is 0 Å². The zero-order valence-electron chi connectivity index (χ0n) is 9.67. The highest BCUT2D eigenvalue weighted by Gasteiger charge is 2.12. The minimum Gasteiger partial charge on any atom is -0.380 e. The topological polar surface area (TPSA) is 21.3 Å². The van der Waals surface area contributed by atoms with Crippen LogP contribution in [0.5, 0.6) is 0 Å². The Morgan fingerprint density at radius 3 is 2.60 bits per heavy atom. The second-order valence-corrected chi connectivity index (χ2v) is 4.60. The van der Waals surface area contributed by atoms with E-state index in [0.29, 0.717) is 0 Å². The molecule has 1 aromatic carbocycles. The summed E-state index contributed by atoms with van der Waals surface area (Å²) in [6.45, 7) is 6.25. The van der Waals surface area contributed by atoms with Crippen LogP contribution < -0.4 is 5.32 Å². The highest BCUT2D eigenvalue weighted by atomic mass is 79.9. The van der Waals surface area contributed by atoms with Crippen molar-refractivity contribution >= 4 is 21.6 Å². The summed E-state index contributed by atoms with van der Waals surface area (Å²) in [4.78, 5) is 0. The summed E-state index contributed by atoms with van der Waals surface area (Å²) in [6, 6.07) is 6.48. The number of benzene rings is 1. The molecule has 1 rings (SSSR count). The molecule has 3 heteroatoms. The fraction of sp³-hybridized carbons (Fsp3) is 0.500. The minimum absolute atomic E-state index is 0.192. The summed E-state index contributed by atoms with van der Waals surface area (Å²) < 4.78 is 6.40. The fourth-order valence-electron chi connectivity index (χ4n) is 1.33. The third-order valence-electron chi connectivity index (χ3n) is 2.65. The van der Waals surface area contributed by atoms with Crippen molar-refractivity contribution in [2.75, 3.05) is 12.4 Å². The van der Waals surface area contributed by atoms with E-state index in [1.807, 2.05) is 6.07 Å². The summed E-state index contributed by atoms with van der Waals surface area (Å²) in [7, 11) is 1.73. The van der Waals surface area contributed by atoms with Crippen molar-refractivity contribution in [2.45, 2.75) is 32.9 Å². The second kappa shape index (κ2) is 5.52. The zero-order valence-corrected chi connectivity index (χ0v) is 11.3. The molecule has 0 aliphatic carbocycles. The third-order valence-corrected chi connectivity index (χ3v) is 3.70. The molecule has 2 unspecified atom stereocenters. The second-order valence-electron chi connectivity index (χ2n) is 3.81. The normalized spacial score (nSPS) is 14.7. The van der Waals surface area contributed by atoms with Crippen molar-refractivity contribution in [3.63, 3.8) is 0 Å². The third kappa shape index (κ3) is 3.21. The number of anilines is 1. The molecule has 15 heavy (non-hydrogen) atoms. The number of rotatable bonds is 4. The summed E-state index contributed by atoms with van der Waals surface area (Å²) in [5, 5.41) is 3.43. The van der Waals surface area contributed by atoms with Crippen molar-refractivity contribution < 1.29 is 4.74 Å². The molecule has 0 aliphatic heterocycles. The molecule has 0 amide bonds. The molecule has 0 saturated carbocycles. The molecule has 1 aromatic rings. The van der Waals surface area contributed by atoms with Crippen LogP contribution in [-0.2, 0) is 4.74 Å². The molecular formula is C12H18BrNO. The van der Waals surface area contributed by atoms with Crippen LogP contribution in [0.2, 0.25) is 0 Å². The lowest BCUT2D eigenvalue weighted by Gasteiger charge is -2.22. The van der Waals surface area contributed by atoms with Crippen LogP contribution >= 0.6 is 15.9 Å². The van der Waals surface area contributed by atoms with Gasteiger partial charge in [-0.3, -0.25) is 0 Å². The molecule has 1 N–H and O–H groups in total. The maximum atomic E-state index is 5.28. The zero-order chi connectivity index (χ0) is 11.4. The van der Waals surface area contributed by atoms with E-state index in [-0.39, 0.29) is 12.1 Å². The number of hydrogen-bond acceptors (Lipinski definition) is 2. The standard InChI is InChI=1S/C12H18BrNO/c1-8-6-5-7-11(12(8)13)14-9(2)10(3)15-4/h5-7,9-10,14H,1-4H3. The lowest BCUT2D eigenvalue weighted by molar-refractivity contribution is 0.106. The molecule has 0 bridgehead atoms. The van der Waals surface area contributed by atoms with E-state index in [9.17, 15) is 0 Å². The SMILES string of the molecule is COC(C)C(C)Nc1cccc(C)c1Br. The summed E-state index contributed by atoms with van der Waals surface area (Å²) in [5.74, 6) is 0. The Morgan fingerprint density at radius 1 is 1.33 bits per heavy atom. The molecule has 0 aliphatic rings. The van der Waals surface area contributed by atoms with Crippen LogP contribution in [0.4, 0.5) is 5.69 Å². The van der Waals surface area contributed by atoms with Gasteiger partial charge in [0.2, 0.25) is 0 Å². The van der Waals surface area contributed by atoms with Gasteiger partial charge in [-0.15, -0.1) is 0 Å². The molecule has 0 saturated heterocycles. The van der Waals surface area contributed by atoms with E-state index in [1.165, 1.54) is 5.56 Å². The first kappa shape index (κ1) is 12.5. The molecule has 0 heterocycles. The summed E-state index contributed by atoms with van der Waals surface area (Å²) in [5.41, 5.74) is 2.35.